The van der Waals surface area contributed by atoms with Gasteiger partial charge in [0.1, 0.15) is 34.5 Å². The molecule has 794 valence electrons. The van der Waals surface area contributed by atoms with Crippen molar-refractivity contribution in [3.8, 4) is 69.0 Å². The van der Waals surface area contributed by atoms with Crippen molar-refractivity contribution in [3.63, 3.8) is 0 Å². The van der Waals surface area contributed by atoms with Crippen molar-refractivity contribution in [2.45, 2.75) is 406 Å². The van der Waals surface area contributed by atoms with Gasteiger partial charge in [0.2, 0.25) is 0 Å². The fraction of sp³-hybridized carbons (Fsp3) is 0.650. The Bertz CT molecular complexity index is 3880. The fourth-order valence-corrected chi connectivity index (χ4v) is 17.5. The highest BCUT2D eigenvalue weighted by Gasteiger charge is 2.18. The topological polar surface area (TPSA) is 296 Å². The predicted molar refractivity (Wildman–Crippen MR) is 582 cm³/mol. The zero-order valence-electron chi connectivity index (χ0n) is 88.0. The molecule has 6 aromatic carbocycles. The van der Waals surface area contributed by atoms with Gasteiger partial charge in [-0.3, -0.25) is 19.9 Å². The summed E-state index contributed by atoms with van der Waals surface area (Å²) in [5.41, 5.74) is 2.42. The molecule has 0 spiro atoms. The molecule has 142 heavy (non-hydrogen) atoms. The molecule has 0 unspecified atom stereocenters. The van der Waals surface area contributed by atoms with Crippen molar-refractivity contribution >= 4 is 36.6 Å². The molecule has 0 atom stereocenters. The molecule has 0 aliphatic carbocycles. The smallest absolute Gasteiger partial charge is 0.335 e. The fourth-order valence-electron chi connectivity index (χ4n) is 17.5. The van der Waals surface area contributed by atoms with E-state index in [-0.39, 0.29) is 33.9 Å². The van der Waals surface area contributed by atoms with Gasteiger partial charge in [-0.15, -0.1) is 0 Å². The summed E-state index contributed by atoms with van der Waals surface area (Å²) in [4.78, 5) is 51.6. The van der Waals surface area contributed by atoms with E-state index in [4.69, 9.17) is 57.6 Å². The average molecular weight is 1970 g/mol. The Kier molecular flexibility index (Phi) is 70.4. The normalized spacial score (nSPS) is 11.6. The van der Waals surface area contributed by atoms with Crippen LogP contribution in [0.4, 0.5) is 0 Å². The molecule has 0 radical (unpaired) electrons. The molecular formula is C120H186N4O18. The third-order valence-corrected chi connectivity index (χ3v) is 26.4. The van der Waals surface area contributed by atoms with Crippen LogP contribution >= 0.6 is 0 Å². The first-order valence-electron chi connectivity index (χ1n) is 56.2. The summed E-state index contributed by atoms with van der Waals surface area (Å²) in [7, 11) is 0. The Hall–Kier alpha value is -9.70. The van der Waals surface area contributed by atoms with Crippen LogP contribution in [0.2, 0.25) is 0 Å². The Morgan fingerprint density at radius 3 is 0.585 bits per heavy atom. The van der Waals surface area contributed by atoms with Crippen molar-refractivity contribution in [1.82, 2.24) is 4.90 Å². The van der Waals surface area contributed by atoms with Gasteiger partial charge in [0.15, 0.2) is 34.5 Å². The predicted octanol–water partition coefficient (Wildman–Crippen LogP) is 31.8. The number of nitrogens with zero attached hydrogens (tertiary/aromatic N) is 4. The zero-order chi connectivity index (χ0) is 101. The average Bonchev–Trinajstić information content (AvgIpc) is 0.851. The summed E-state index contributed by atoms with van der Waals surface area (Å²) in [6.07, 6.45) is 75.7. The number of hydrogen-bond acceptors (Lipinski definition) is 19. The van der Waals surface area contributed by atoms with Crippen LogP contribution in [0.1, 0.15) is 454 Å². The zero-order valence-corrected chi connectivity index (χ0v) is 88.0. The minimum atomic E-state index is -0.972. The molecule has 0 fully saturated rings. The largest absolute Gasteiger partial charge is 0.507 e. The number of carboxylic acid groups (broad SMARTS) is 3. The van der Waals surface area contributed by atoms with Crippen LogP contribution in [0.3, 0.4) is 0 Å². The van der Waals surface area contributed by atoms with Crippen LogP contribution < -0.4 is 42.6 Å². The Morgan fingerprint density at radius 1 is 0.225 bits per heavy atom. The van der Waals surface area contributed by atoms with Gasteiger partial charge in [-0.2, -0.15) is 0 Å². The van der Waals surface area contributed by atoms with Crippen molar-refractivity contribution in [3.05, 3.63) is 143 Å². The van der Waals surface area contributed by atoms with Gasteiger partial charge in [0.05, 0.1) is 95.8 Å². The number of aliphatic imine (C=N–C) groups is 3. The van der Waals surface area contributed by atoms with Crippen LogP contribution in [0, 0.1) is 0 Å². The molecule has 0 aliphatic heterocycles. The number of rotatable bonds is 96. The number of benzene rings is 6. The number of aromatic hydroxyl groups is 3. The molecule has 0 aromatic heterocycles. The first kappa shape index (κ1) is 121. The first-order valence-corrected chi connectivity index (χ1v) is 56.2. The second-order valence-corrected chi connectivity index (χ2v) is 38.8. The van der Waals surface area contributed by atoms with Gasteiger partial charge in [0.25, 0.3) is 0 Å². The lowest BCUT2D eigenvalue weighted by atomic mass is 10.1. The molecule has 22 heteroatoms. The van der Waals surface area contributed by atoms with E-state index in [2.05, 4.69) is 25.7 Å². The summed E-state index contributed by atoms with van der Waals surface area (Å²) in [5, 5.41) is 62.0. The van der Waals surface area contributed by atoms with Gasteiger partial charge in [0, 0.05) is 73.2 Å². The minimum absolute atomic E-state index is 0.102. The maximum atomic E-state index is 11.7. The number of hydrogen-bond donors (Lipinski definition) is 6. The first-order chi connectivity index (χ1) is 69.7. The van der Waals surface area contributed by atoms with Crippen molar-refractivity contribution in [1.29, 1.82) is 0 Å². The molecule has 0 aliphatic rings. The lowest BCUT2D eigenvalue weighted by Crippen LogP contribution is -2.31. The van der Waals surface area contributed by atoms with Gasteiger partial charge in [-0.25, -0.2) is 14.4 Å². The summed E-state index contributed by atoms with van der Waals surface area (Å²) in [6, 6.07) is 30.8. The standard InChI is InChI=1S/C120H186N4O18/c1-4-7-10-13-16-19-28-43-52-61-88-140-115-91-100(118(128)129)67-73-112(115)137-85-58-49-40-34-25-22-31-37-46-55-82-134-106-70-64-103(109(125)94-106)97-121-76-79-124(80-77-122-98-104-65-71-107(95-110(104)126)135-83-56-47-38-32-23-26-35-41-50-59-86-138-113-74-68-101(119(130)131)92-116(113)141-89-62-53-44-29-20-17-14-11-8-5-2)81-78-123-99-105-66-72-108(96-111(105)127)136-84-57-48-39-33-24-27-36-42-51-60-87-139-114-75-69-102(120(132)133)93-117(114)142-90-63-54-45-30-21-18-15-12-9-6-3/h64-75,91-99,125-127H,4-63,76-90H2,1-3H3,(H,128,129)(H,130,131)(H,132,133). The van der Waals surface area contributed by atoms with Crippen LogP contribution in [-0.4, -0.2) is 171 Å². The molecule has 6 rings (SSSR count). The summed E-state index contributed by atoms with van der Waals surface area (Å²) in [5.74, 6) is 2.64. The quantitative estimate of drug-likeness (QED) is 0.0153. The summed E-state index contributed by atoms with van der Waals surface area (Å²) in [6.45, 7) is 15.0. The van der Waals surface area contributed by atoms with Crippen LogP contribution in [0.15, 0.2) is 124 Å². The molecule has 0 saturated heterocycles. The van der Waals surface area contributed by atoms with Crippen molar-refractivity contribution in [2.24, 2.45) is 15.0 Å². The van der Waals surface area contributed by atoms with Gasteiger partial charge in [-0.05, 0) is 149 Å². The van der Waals surface area contributed by atoms with Gasteiger partial charge >= 0.3 is 17.9 Å². The van der Waals surface area contributed by atoms with E-state index in [0.717, 1.165) is 154 Å². The van der Waals surface area contributed by atoms with E-state index < -0.39 is 17.9 Å². The number of ether oxygens (including phenoxy) is 9. The highest BCUT2D eigenvalue weighted by Crippen LogP contribution is 2.35. The molecule has 0 saturated carbocycles. The summed E-state index contributed by atoms with van der Waals surface area (Å²) < 4.78 is 54.8. The van der Waals surface area contributed by atoms with Crippen molar-refractivity contribution < 1.29 is 87.7 Å². The Morgan fingerprint density at radius 2 is 0.401 bits per heavy atom. The summed E-state index contributed by atoms with van der Waals surface area (Å²) >= 11 is 0. The molecule has 0 amide bonds. The number of aromatic carboxylic acids is 3. The molecule has 6 N–H and O–H groups in total. The maximum Gasteiger partial charge on any atom is 0.335 e. The van der Waals surface area contributed by atoms with Crippen LogP contribution in [-0.2, 0) is 0 Å². The van der Waals surface area contributed by atoms with E-state index >= 15 is 0 Å². The number of phenols is 3. The molecule has 0 heterocycles. The van der Waals surface area contributed by atoms with Gasteiger partial charge < -0.3 is 73.3 Å². The number of unbranched alkanes of at least 4 members (excludes halogenated alkanes) is 54. The maximum absolute atomic E-state index is 11.7. The molecule has 6 aromatic rings. The lowest BCUT2D eigenvalue weighted by molar-refractivity contribution is 0.0685. The molecular weight excluding hydrogens is 1790 g/mol. The van der Waals surface area contributed by atoms with Crippen molar-refractivity contribution in [2.75, 3.05) is 98.7 Å². The third kappa shape index (κ3) is 59.5. The number of carbonyl (C=O) groups is 3. The number of carboxylic acids is 3. The Labute approximate surface area is 855 Å². The SMILES string of the molecule is CCCCCCCCCCCCOc1cc(C(=O)O)ccc1OCCCCCCCCCCCCOc1ccc(C=NCCN(CCN=Cc2ccc(OCCCCCCCCCCCCOc3ccc(C(=O)O)cc3OCCCCCCCCCCCC)cc2O)CCN=Cc2ccc(OCCCCCCCCCCCCOc3ccc(C(=O)O)cc3OCCCCCCCCCCCC)cc2O)c(O)c1. The second kappa shape index (κ2) is 82.6. The monoisotopic (exact) mass is 1970 g/mol. The van der Waals surface area contributed by atoms with E-state index in [9.17, 15) is 45.0 Å². The van der Waals surface area contributed by atoms with Crippen LogP contribution in [0.25, 0.3) is 0 Å². The highest BCUT2D eigenvalue weighted by atomic mass is 16.5. The Balaban J connectivity index is 0.851. The molecule has 22 nitrogen and oxygen atoms in total. The van der Waals surface area contributed by atoms with E-state index in [0.29, 0.717) is 167 Å². The van der Waals surface area contributed by atoms with Gasteiger partial charge in [-0.1, -0.05) is 348 Å². The minimum Gasteiger partial charge on any atom is -0.507 e. The van der Waals surface area contributed by atoms with E-state index in [1.807, 2.05) is 36.4 Å². The van der Waals surface area contributed by atoms with E-state index in [1.54, 1.807) is 91.4 Å². The third-order valence-electron chi connectivity index (χ3n) is 26.4. The lowest BCUT2D eigenvalue weighted by Gasteiger charge is -2.19. The van der Waals surface area contributed by atoms with E-state index in [1.165, 1.54) is 231 Å². The van der Waals surface area contributed by atoms with Crippen LogP contribution in [0.5, 0.6) is 69.0 Å². The second-order valence-electron chi connectivity index (χ2n) is 38.8. The number of phenolic OH excluding ortho intramolecular Hbond substituents is 3. The molecule has 0 bridgehead atoms. The highest BCUT2D eigenvalue weighted by molar-refractivity contribution is 5.90.